The van der Waals surface area contributed by atoms with E-state index < -0.39 is 0 Å². The van der Waals surface area contributed by atoms with Crippen LogP contribution in [-0.2, 0) is 22.4 Å². The lowest BCUT2D eigenvalue weighted by molar-refractivity contribution is 0.0719. The molecular weight excluding hydrogens is 224 g/mol. The molecule has 16 heavy (non-hydrogen) atoms. The van der Waals surface area contributed by atoms with Gasteiger partial charge in [0.15, 0.2) is 0 Å². The average Bonchev–Trinajstić information content (AvgIpc) is 2.76. The molecule has 0 radical (unpaired) electrons. The van der Waals surface area contributed by atoms with Gasteiger partial charge in [0.2, 0.25) is 0 Å². The highest BCUT2D eigenvalue weighted by Gasteiger charge is 1.98. The molecule has 1 N–H and O–H groups in total. The number of rotatable bonds is 9. The van der Waals surface area contributed by atoms with E-state index in [4.69, 9.17) is 9.47 Å². The molecule has 0 aromatic carbocycles. The van der Waals surface area contributed by atoms with Gasteiger partial charge in [0, 0.05) is 31.3 Å². The van der Waals surface area contributed by atoms with Gasteiger partial charge in [-0.1, -0.05) is 6.92 Å². The molecule has 1 heterocycles. The molecule has 0 fully saturated rings. The summed E-state index contributed by atoms with van der Waals surface area (Å²) >= 11 is 1.77. The largest absolute Gasteiger partial charge is 0.382 e. The lowest BCUT2D eigenvalue weighted by Gasteiger charge is -2.04. The minimum Gasteiger partial charge on any atom is -0.382 e. The molecule has 4 nitrogen and oxygen atoms in total. The van der Waals surface area contributed by atoms with E-state index in [-0.39, 0.29) is 0 Å². The van der Waals surface area contributed by atoms with Crippen molar-refractivity contribution >= 4 is 11.3 Å². The number of hydrogen-bond donors (Lipinski definition) is 1. The van der Waals surface area contributed by atoms with Crippen molar-refractivity contribution in [1.82, 2.24) is 10.3 Å². The Morgan fingerprint density at radius 2 is 2.25 bits per heavy atom. The highest BCUT2D eigenvalue weighted by Crippen LogP contribution is 2.12. The Bertz CT molecular complexity index is 279. The Balaban J connectivity index is 1.98. The van der Waals surface area contributed by atoms with Gasteiger partial charge in [-0.3, -0.25) is 0 Å². The fraction of sp³-hybridized carbons (Fsp3) is 0.727. The summed E-state index contributed by atoms with van der Waals surface area (Å²) in [5, 5.41) is 4.52. The Hall–Kier alpha value is -0.490. The van der Waals surface area contributed by atoms with Gasteiger partial charge in [0.25, 0.3) is 0 Å². The Morgan fingerprint density at radius 3 is 2.94 bits per heavy atom. The van der Waals surface area contributed by atoms with Crippen LogP contribution in [-0.4, -0.2) is 38.5 Å². The quantitative estimate of drug-likeness (QED) is 0.668. The predicted octanol–water partition coefficient (Wildman–Crippen LogP) is 1.46. The van der Waals surface area contributed by atoms with Gasteiger partial charge in [-0.2, -0.15) is 0 Å². The van der Waals surface area contributed by atoms with Crippen LogP contribution in [0.1, 0.15) is 16.8 Å². The van der Waals surface area contributed by atoms with Gasteiger partial charge in [0.05, 0.1) is 24.8 Å². The second-order valence-corrected chi connectivity index (χ2v) is 4.56. The van der Waals surface area contributed by atoms with E-state index in [2.05, 4.69) is 17.2 Å². The van der Waals surface area contributed by atoms with E-state index in [1.54, 1.807) is 18.4 Å². The smallest absolute Gasteiger partial charge is 0.0925 e. The Labute approximate surface area is 101 Å². The summed E-state index contributed by atoms with van der Waals surface area (Å²) in [7, 11) is 1.68. The van der Waals surface area contributed by atoms with Gasteiger partial charge >= 0.3 is 0 Å². The molecule has 0 saturated carbocycles. The highest BCUT2D eigenvalue weighted by atomic mass is 32.1. The SMILES string of the molecule is CCc1ncc(CNCCOCCOC)s1. The van der Waals surface area contributed by atoms with E-state index in [9.17, 15) is 0 Å². The number of ether oxygens (including phenoxy) is 2. The van der Waals surface area contributed by atoms with Gasteiger partial charge in [-0.15, -0.1) is 11.3 Å². The summed E-state index contributed by atoms with van der Waals surface area (Å²) in [5.41, 5.74) is 0. The van der Waals surface area contributed by atoms with Crippen molar-refractivity contribution < 1.29 is 9.47 Å². The Kier molecular flexibility index (Phi) is 7.33. The summed E-state index contributed by atoms with van der Waals surface area (Å²) in [6.07, 6.45) is 2.97. The van der Waals surface area contributed by atoms with E-state index >= 15 is 0 Å². The fourth-order valence-corrected chi connectivity index (χ4v) is 2.03. The summed E-state index contributed by atoms with van der Waals surface area (Å²) in [6, 6.07) is 0. The van der Waals surface area contributed by atoms with Gasteiger partial charge < -0.3 is 14.8 Å². The predicted molar refractivity (Wildman–Crippen MR) is 65.9 cm³/mol. The van der Waals surface area contributed by atoms with Crippen LogP contribution < -0.4 is 5.32 Å². The second-order valence-electron chi connectivity index (χ2n) is 3.36. The highest BCUT2D eigenvalue weighted by molar-refractivity contribution is 7.11. The van der Waals surface area contributed by atoms with E-state index in [1.807, 2.05) is 6.20 Å². The molecule has 1 aromatic heterocycles. The number of nitrogens with zero attached hydrogens (tertiary/aromatic N) is 1. The topological polar surface area (TPSA) is 43.4 Å². The minimum absolute atomic E-state index is 0.661. The number of aromatic nitrogens is 1. The van der Waals surface area contributed by atoms with Crippen LogP contribution in [0, 0.1) is 0 Å². The van der Waals surface area contributed by atoms with Crippen molar-refractivity contribution in [1.29, 1.82) is 0 Å². The first kappa shape index (κ1) is 13.6. The normalized spacial score (nSPS) is 10.9. The molecule has 0 bridgehead atoms. The van der Waals surface area contributed by atoms with Crippen molar-refractivity contribution in [2.45, 2.75) is 19.9 Å². The molecule has 0 amide bonds. The zero-order chi connectivity index (χ0) is 11.6. The zero-order valence-electron chi connectivity index (χ0n) is 9.99. The third-order valence-electron chi connectivity index (χ3n) is 2.06. The first-order chi connectivity index (χ1) is 7.86. The maximum absolute atomic E-state index is 5.34. The second kappa shape index (κ2) is 8.64. The van der Waals surface area contributed by atoms with Gasteiger partial charge in [0.1, 0.15) is 0 Å². The van der Waals surface area contributed by atoms with Crippen LogP contribution >= 0.6 is 11.3 Å². The standard InChI is InChI=1S/C11H20N2O2S/c1-3-11-13-9-10(16-11)8-12-4-5-15-7-6-14-2/h9,12H,3-8H2,1-2H3. The molecule has 0 aliphatic rings. The molecule has 0 saturated heterocycles. The molecule has 0 aliphatic carbocycles. The molecule has 5 heteroatoms. The van der Waals surface area contributed by atoms with Gasteiger partial charge in [-0.25, -0.2) is 4.98 Å². The van der Waals surface area contributed by atoms with Crippen molar-refractivity contribution in [3.63, 3.8) is 0 Å². The molecule has 1 aromatic rings. The van der Waals surface area contributed by atoms with Crippen LogP contribution in [0.2, 0.25) is 0 Å². The molecule has 0 atom stereocenters. The first-order valence-corrected chi connectivity index (χ1v) is 6.39. The molecule has 0 unspecified atom stereocenters. The fourth-order valence-electron chi connectivity index (χ4n) is 1.19. The molecule has 0 spiro atoms. The third-order valence-corrected chi connectivity index (χ3v) is 3.20. The summed E-state index contributed by atoms with van der Waals surface area (Å²) in [5.74, 6) is 0. The molecule has 92 valence electrons. The van der Waals surface area contributed by atoms with Crippen molar-refractivity contribution in [2.24, 2.45) is 0 Å². The lowest BCUT2D eigenvalue weighted by atomic mass is 10.5. The summed E-state index contributed by atoms with van der Waals surface area (Å²) in [4.78, 5) is 5.59. The number of hydrogen-bond acceptors (Lipinski definition) is 5. The maximum atomic E-state index is 5.34. The summed E-state index contributed by atoms with van der Waals surface area (Å²) in [6.45, 7) is 5.92. The number of methoxy groups -OCH3 is 1. The average molecular weight is 244 g/mol. The van der Waals surface area contributed by atoms with Crippen LogP contribution in [0.25, 0.3) is 0 Å². The molecule has 0 aliphatic heterocycles. The number of thiazole rings is 1. The van der Waals surface area contributed by atoms with E-state index in [0.717, 1.165) is 26.1 Å². The summed E-state index contributed by atoms with van der Waals surface area (Å²) < 4.78 is 10.2. The van der Waals surface area contributed by atoms with Crippen LogP contribution in [0.3, 0.4) is 0 Å². The van der Waals surface area contributed by atoms with Gasteiger partial charge in [-0.05, 0) is 6.42 Å². The van der Waals surface area contributed by atoms with Crippen molar-refractivity contribution in [3.05, 3.63) is 16.1 Å². The molecule has 1 rings (SSSR count). The number of nitrogens with one attached hydrogen (secondary N) is 1. The van der Waals surface area contributed by atoms with Crippen molar-refractivity contribution in [2.75, 3.05) is 33.5 Å². The molecular formula is C11H20N2O2S. The Morgan fingerprint density at radius 1 is 1.38 bits per heavy atom. The third kappa shape index (κ3) is 5.55. The van der Waals surface area contributed by atoms with Crippen LogP contribution in [0.4, 0.5) is 0 Å². The lowest BCUT2D eigenvalue weighted by Crippen LogP contribution is -2.19. The first-order valence-electron chi connectivity index (χ1n) is 5.57. The monoisotopic (exact) mass is 244 g/mol. The van der Waals surface area contributed by atoms with Crippen LogP contribution in [0.15, 0.2) is 6.20 Å². The zero-order valence-corrected chi connectivity index (χ0v) is 10.8. The maximum Gasteiger partial charge on any atom is 0.0925 e. The van der Waals surface area contributed by atoms with Crippen molar-refractivity contribution in [3.8, 4) is 0 Å². The number of aryl methyl sites for hydroxylation is 1. The van der Waals surface area contributed by atoms with E-state index in [0.29, 0.717) is 13.2 Å². The van der Waals surface area contributed by atoms with Crippen LogP contribution in [0.5, 0.6) is 0 Å². The van der Waals surface area contributed by atoms with E-state index in [1.165, 1.54) is 9.88 Å². The minimum atomic E-state index is 0.661.